The number of nitrogens with one attached hydrogen (secondary N) is 1. The molecule has 1 saturated heterocycles. The van der Waals surface area contributed by atoms with Gasteiger partial charge in [0.15, 0.2) is 0 Å². The molecule has 2 unspecified atom stereocenters. The van der Waals surface area contributed by atoms with Gasteiger partial charge < -0.3 is 10.2 Å². The minimum absolute atomic E-state index is 0.506. The van der Waals surface area contributed by atoms with Gasteiger partial charge in [-0.25, -0.2) is 0 Å². The predicted octanol–water partition coefficient (Wildman–Crippen LogP) is 4.16. The van der Waals surface area contributed by atoms with Gasteiger partial charge in [0.2, 0.25) is 0 Å². The summed E-state index contributed by atoms with van der Waals surface area (Å²) in [7, 11) is 0. The van der Waals surface area contributed by atoms with Crippen LogP contribution in [-0.4, -0.2) is 31.1 Å². The summed E-state index contributed by atoms with van der Waals surface area (Å²) in [5.74, 6) is 0.937. The molecule has 21 heavy (non-hydrogen) atoms. The van der Waals surface area contributed by atoms with Crippen LogP contribution in [0.15, 0.2) is 24.3 Å². The molecule has 0 radical (unpaired) electrons. The Morgan fingerprint density at radius 2 is 2.00 bits per heavy atom. The van der Waals surface area contributed by atoms with Gasteiger partial charge in [-0.05, 0) is 57.3 Å². The second kappa shape index (κ2) is 8.55. The molecule has 0 amide bonds. The summed E-state index contributed by atoms with van der Waals surface area (Å²) in [6, 6.07) is 9.56. The summed E-state index contributed by atoms with van der Waals surface area (Å²) in [5.41, 5.74) is 2.79. The van der Waals surface area contributed by atoms with Gasteiger partial charge in [0, 0.05) is 12.6 Å². The van der Waals surface area contributed by atoms with E-state index in [9.17, 15) is 0 Å². The van der Waals surface area contributed by atoms with Crippen molar-refractivity contribution in [1.29, 1.82) is 0 Å². The zero-order valence-corrected chi connectivity index (χ0v) is 14.1. The maximum Gasteiger partial charge on any atom is 0.0332 e. The molecule has 2 nitrogen and oxygen atoms in total. The van der Waals surface area contributed by atoms with E-state index in [1.807, 2.05) is 0 Å². The van der Waals surface area contributed by atoms with Crippen LogP contribution in [0, 0.1) is 12.8 Å². The average molecular weight is 288 g/mol. The van der Waals surface area contributed by atoms with Gasteiger partial charge in [0.25, 0.3) is 0 Å². The number of benzene rings is 1. The first kappa shape index (κ1) is 16.5. The van der Waals surface area contributed by atoms with Gasteiger partial charge in [0.1, 0.15) is 0 Å². The number of aryl methyl sites for hydroxylation is 1. The molecule has 1 heterocycles. The predicted molar refractivity (Wildman–Crippen MR) is 91.7 cm³/mol. The normalized spacial score (nSPS) is 20.8. The highest BCUT2D eigenvalue weighted by atomic mass is 15.1. The van der Waals surface area contributed by atoms with E-state index in [0.717, 1.165) is 12.5 Å². The highest BCUT2D eigenvalue weighted by molar-refractivity contribution is 5.24. The molecule has 0 spiro atoms. The highest BCUT2D eigenvalue weighted by Crippen LogP contribution is 2.22. The topological polar surface area (TPSA) is 15.3 Å². The standard InChI is InChI=1S/C19H32N2/c1-4-12-20-19(18-8-6-16(3)7-9-18)11-14-21-13-10-17(5-2)15-21/h6-9,17,19-20H,4-5,10-15H2,1-3H3. The smallest absolute Gasteiger partial charge is 0.0332 e. The van der Waals surface area contributed by atoms with E-state index in [0.29, 0.717) is 6.04 Å². The lowest BCUT2D eigenvalue weighted by atomic mass is 10.0. The van der Waals surface area contributed by atoms with Crippen molar-refractivity contribution in [2.24, 2.45) is 5.92 Å². The monoisotopic (exact) mass is 288 g/mol. The Bertz CT molecular complexity index is 399. The molecule has 0 aliphatic carbocycles. The molecular formula is C19H32N2. The van der Waals surface area contributed by atoms with Gasteiger partial charge in [-0.2, -0.15) is 0 Å². The molecule has 118 valence electrons. The highest BCUT2D eigenvalue weighted by Gasteiger charge is 2.21. The van der Waals surface area contributed by atoms with Crippen LogP contribution in [0.4, 0.5) is 0 Å². The van der Waals surface area contributed by atoms with Crippen LogP contribution >= 0.6 is 0 Å². The van der Waals surface area contributed by atoms with Crippen molar-refractivity contribution >= 4 is 0 Å². The van der Waals surface area contributed by atoms with Crippen molar-refractivity contribution in [3.05, 3.63) is 35.4 Å². The van der Waals surface area contributed by atoms with E-state index in [4.69, 9.17) is 0 Å². The first-order valence-corrected chi connectivity index (χ1v) is 8.75. The van der Waals surface area contributed by atoms with Crippen LogP contribution in [0.25, 0.3) is 0 Å². The first-order valence-electron chi connectivity index (χ1n) is 8.75. The quantitative estimate of drug-likeness (QED) is 0.773. The number of likely N-dealkylation sites (tertiary alicyclic amines) is 1. The van der Waals surface area contributed by atoms with E-state index < -0.39 is 0 Å². The molecule has 2 rings (SSSR count). The summed E-state index contributed by atoms with van der Waals surface area (Å²) < 4.78 is 0. The Hall–Kier alpha value is -0.860. The fourth-order valence-electron chi connectivity index (χ4n) is 3.26. The van der Waals surface area contributed by atoms with E-state index in [2.05, 4.69) is 55.3 Å². The van der Waals surface area contributed by atoms with Crippen LogP contribution < -0.4 is 5.32 Å². The zero-order valence-electron chi connectivity index (χ0n) is 14.1. The van der Waals surface area contributed by atoms with Gasteiger partial charge in [-0.1, -0.05) is 50.1 Å². The van der Waals surface area contributed by atoms with E-state index in [1.54, 1.807) is 0 Å². The Labute approximate surface area is 130 Å². The average Bonchev–Trinajstić information content (AvgIpc) is 2.97. The van der Waals surface area contributed by atoms with E-state index >= 15 is 0 Å². The lowest BCUT2D eigenvalue weighted by molar-refractivity contribution is 0.298. The third-order valence-corrected chi connectivity index (χ3v) is 4.80. The van der Waals surface area contributed by atoms with Crippen molar-refractivity contribution < 1.29 is 0 Å². The van der Waals surface area contributed by atoms with Gasteiger partial charge in [0.05, 0.1) is 0 Å². The summed E-state index contributed by atoms with van der Waals surface area (Å²) >= 11 is 0. The molecule has 1 aliphatic heterocycles. The molecule has 0 bridgehead atoms. The maximum atomic E-state index is 3.73. The number of rotatable bonds is 8. The van der Waals surface area contributed by atoms with Crippen molar-refractivity contribution in [2.45, 2.75) is 52.5 Å². The van der Waals surface area contributed by atoms with Crippen molar-refractivity contribution in [3.8, 4) is 0 Å². The van der Waals surface area contributed by atoms with Crippen molar-refractivity contribution in [2.75, 3.05) is 26.2 Å². The molecule has 1 aliphatic rings. The van der Waals surface area contributed by atoms with Gasteiger partial charge in [-0.15, -0.1) is 0 Å². The molecule has 1 N–H and O–H groups in total. The van der Waals surface area contributed by atoms with E-state index in [-0.39, 0.29) is 0 Å². The van der Waals surface area contributed by atoms with Gasteiger partial charge in [-0.3, -0.25) is 0 Å². The zero-order chi connectivity index (χ0) is 15.1. The SMILES string of the molecule is CCCNC(CCN1CCC(CC)C1)c1ccc(C)cc1. The van der Waals surface area contributed by atoms with Gasteiger partial charge >= 0.3 is 0 Å². The van der Waals surface area contributed by atoms with Crippen LogP contribution in [0.2, 0.25) is 0 Å². The minimum atomic E-state index is 0.506. The van der Waals surface area contributed by atoms with Crippen molar-refractivity contribution in [1.82, 2.24) is 10.2 Å². The third-order valence-electron chi connectivity index (χ3n) is 4.80. The summed E-state index contributed by atoms with van der Waals surface area (Å²) in [4.78, 5) is 2.66. The Kier molecular flexibility index (Phi) is 6.72. The number of hydrogen-bond donors (Lipinski definition) is 1. The Morgan fingerprint density at radius 1 is 1.24 bits per heavy atom. The first-order chi connectivity index (χ1) is 10.2. The molecule has 1 aromatic carbocycles. The molecule has 2 heteroatoms. The lowest BCUT2D eigenvalue weighted by Gasteiger charge is -2.23. The van der Waals surface area contributed by atoms with Crippen LogP contribution in [0.1, 0.15) is 56.7 Å². The Morgan fingerprint density at radius 3 is 2.62 bits per heavy atom. The molecule has 0 aromatic heterocycles. The minimum Gasteiger partial charge on any atom is -0.310 e. The number of nitrogens with zero attached hydrogens (tertiary/aromatic N) is 1. The van der Waals surface area contributed by atoms with E-state index in [1.165, 1.54) is 56.4 Å². The largest absolute Gasteiger partial charge is 0.310 e. The fourth-order valence-corrected chi connectivity index (χ4v) is 3.26. The lowest BCUT2D eigenvalue weighted by Crippen LogP contribution is -2.28. The second-order valence-electron chi connectivity index (χ2n) is 6.57. The van der Waals surface area contributed by atoms with Crippen molar-refractivity contribution in [3.63, 3.8) is 0 Å². The van der Waals surface area contributed by atoms with Crippen LogP contribution in [-0.2, 0) is 0 Å². The Balaban J connectivity index is 1.89. The molecule has 1 fully saturated rings. The summed E-state index contributed by atoms with van der Waals surface area (Å²) in [6.07, 6.45) is 5.16. The van der Waals surface area contributed by atoms with Crippen LogP contribution in [0.5, 0.6) is 0 Å². The van der Waals surface area contributed by atoms with Crippen LogP contribution in [0.3, 0.4) is 0 Å². The number of hydrogen-bond acceptors (Lipinski definition) is 2. The maximum absolute atomic E-state index is 3.73. The molecular weight excluding hydrogens is 256 g/mol. The summed E-state index contributed by atoms with van der Waals surface area (Å²) in [5, 5.41) is 3.73. The fraction of sp³-hybridized carbons (Fsp3) is 0.684. The third kappa shape index (κ3) is 5.12. The molecule has 2 atom stereocenters. The second-order valence-corrected chi connectivity index (χ2v) is 6.57. The molecule has 0 saturated carbocycles. The molecule has 1 aromatic rings. The summed E-state index contributed by atoms with van der Waals surface area (Å²) in [6.45, 7) is 11.7.